The zero-order chi connectivity index (χ0) is 21.0. The van der Waals surface area contributed by atoms with Crippen LogP contribution in [0.5, 0.6) is 0 Å². The van der Waals surface area contributed by atoms with Crippen LogP contribution in [0.25, 0.3) is 0 Å². The lowest BCUT2D eigenvalue weighted by atomic mass is 10.2. The fraction of sp³-hybridized carbons (Fsp3) is 0. The Morgan fingerprint density at radius 1 is 0.897 bits per heavy atom. The molecule has 0 aliphatic heterocycles. The molecule has 7 nitrogen and oxygen atoms in total. The number of amides is 1. The Morgan fingerprint density at radius 3 is 2.31 bits per heavy atom. The van der Waals surface area contributed by atoms with E-state index in [0.29, 0.717) is 16.4 Å². The van der Waals surface area contributed by atoms with Crippen molar-refractivity contribution in [2.75, 3.05) is 10.0 Å². The number of anilines is 2. The number of halogens is 2. The Balaban J connectivity index is 1.87. The standard InChI is InChI=1S/C19H13Cl2N3O4S/c20-12-4-6-13(7-5-12)24-29(27,28)16-8-9-18(21)17(11-16)19(25)22-14-2-1-3-15(10-14)23-26/h1-11,24H,(H,22,25)/p+1. The minimum absolute atomic E-state index is 0.0360. The van der Waals surface area contributed by atoms with Crippen molar-refractivity contribution in [3.05, 3.63) is 87.2 Å². The second-order valence-corrected chi connectivity index (χ2v) is 8.42. The summed E-state index contributed by atoms with van der Waals surface area (Å²) in [7, 11) is -3.97. The number of nitroso groups, excluding NO2 is 1. The van der Waals surface area contributed by atoms with E-state index in [2.05, 4.69) is 10.0 Å². The summed E-state index contributed by atoms with van der Waals surface area (Å²) in [6.07, 6.45) is 0. The van der Waals surface area contributed by atoms with Gasteiger partial charge in [0.2, 0.25) is 0 Å². The predicted molar refractivity (Wildman–Crippen MR) is 112 cm³/mol. The van der Waals surface area contributed by atoms with E-state index in [1.807, 2.05) is 0 Å². The third-order valence-electron chi connectivity index (χ3n) is 3.83. The summed E-state index contributed by atoms with van der Waals surface area (Å²) in [5.41, 5.74) is 0.889. The van der Waals surface area contributed by atoms with E-state index < -0.39 is 15.9 Å². The highest BCUT2D eigenvalue weighted by Gasteiger charge is 2.19. The number of sulfonamides is 1. The maximum Gasteiger partial charge on any atom is 0.261 e. The molecule has 0 saturated carbocycles. The molecule has 0 unspecified atom stereocenters. The van der Waals surface area contributed by atoms with Crippen molar-refractivity contribution in [3.8, 4) is 0 Å². The molecule has 0 heterocycles. The molecule has 1 amide bonds. The number of benzene rings is 3. The van der Waals surface area contributed by atoms with Crippen molar-refractivity contribution in [2.24, 2.45) is 0 Å². The minimum Gasteiger partial charge on any atom is -0.322 e. The number of rotatable bonds is 6. The van der Waals surface area contributed by atoms with Crippen LogP contribution in [0, 0.1) is 4.91 Å². The topological polar surface area (TPSA) is 106 Å². The van der Waals surface area contributed by atoms with E-state index in [-0.39, 0.29) is 21.2 Å². The number of carbonyl (C=O) groups excluding carboxylic acids is 1. The first-order valence-corrected chi connectivity index (χ1v) is 10.4. The molecule has 0 spiro atoms. The van der Waals surface area contributed by atoms with Gasteiger partial charge in [-0.15, -0.1) is 0 Å². The molecule has 0 aliphatic carbocycles. The van der Waals surface area contributed by atoms with E-state index in [0.717, 1.165) is 0 Å². The van der Waals surface area contributed by atoms with Gasteiger partial charge in [0.15, 0.2) is 0 Å². The molecule has 3 aromatic rings. The molecular weight excluding hydrogens is 437 g/mol. The molecule has 3 rings (SSSR count). The smallest absolute Gasteiger partial charge is 0.261 e. The first-order valence-electron chi connectivity index (χ1n) is 8.16. The van der Waals surface area contributed by atoms with Crippen LogP contribution in [-0.2, 0) is 10.0 Å². The Morgan fingerprint density at radius 2 is 1.62 bits per heavy atom. The molecular formula is C19H14Cl2N3O4S+. The molecule has 148 valence electrons. The zero-order valence-corrected chi connectivity index (χ0v) is 17.0. The van der Waals surface area contributed by atoms with Gasteiger partial charge in [-0.2, -0.15) is 0 Å². The van der Waals surface area contributed by atoms with Crippen molar-refractivity contribution in [2.45, 2.75) is 4.90 Å². The zero-order valence-electron chi connectivity index (χ0n) is 14.6. The van der Waals surface area contributed by atoms with Crippen LogP contribution in [0.4, 0.5) is 17.1 Å². The fourth-order valence-electron chi connectivity index (χ4n) is 2.44. The predicted octanol–water partition coefficient (Wildman–Crippen LogP) is 3.53. The van der Waals surface area contributed by atoms with Gasteiger partial charge in [0.25, 0.3) is 21.6 Å². The van der Waals surface area contributed by atoms with E-state index >= 15 is 0 Å². The summed E-state index contributed by atoms with van der Waals surface area (Å²) >= 11 is 11.9. The summed E-state index contributed by atoms with van der Waals surface area (Å²) < 4.78 is 27.7. The number of hydrogen-bond acceptors (Lipinski definition) is 4. The maximum atomic E-state index is 12.7. The second-order valence-electron chi connectivity index (χ2n) is 5.89. The molecule has 0 radical (unpaired) electrons. The van der Waals surface area contributed by atoms with Crippen LogP contribution in [0.3, 0.4) is 0 Å². The van der Waals surface area contributed by atoms with Gasteiger partial charge in [0.1, 0.15) is 0 Å². The van der Waals surface area contributed by atoms with Crippen LogP contribution >= 0.6 is 23.2 Å². The molecule has 10 heteroatoms. The molecule has 3 N–H and O–H groups in total. The molecule has 3 aromatic carbocycles. The Labute approximate surface area is 176 Å². The van der Waals surface area contributed by atoms with Crippen molar-refractivity contribution in [1.82, 2.24) is 0 Å². The lowest BCUT2D eigenvalue weighted by Gasteiger charge is -2.11. The third-order valence-corrected chi connectivity index (χ3v) is 5.79. The lowest BCUT2D eigenvalue weighted by molar-refractivity contribution is -0.379. The summed E-state index contributed by atoms with van der Waals surface area (Å²) in [6, 6.07) is 16.0. The van der Waals surface area contributed by atoms with E-state index in [1.54, 1.807) is 29.4 Å². The average Bonchev–Trinajstić information content (AvgIpc) is 2.69. The molecule has 0 atom stereocenters. The summed E-state index contributed by atoms with van der Waals surface area (Å²) in [4.78, 5) is 23.2. The third kappa shape index (κ3) is 5.11. The number of carbonyl (C=O) groups is 1. The molecule has 0 fully saturated rings. The highest BCUT2D eigenvalue weighted by atomic mass is 35.5. The molecule has 0 saturated heterocycles. The monoisotopic (exact) mass is 450 g/mol. The highest BCUT2D eigenvalue weighted by molar-refractivity contribution is 7.92. The normalized spacial score (nSPS) is 11.0. The minimum atomic E-state index is -3.97. The summed E-state index contributed by atoms with van der Waals surface area (Å²) in [5, 5.41) is 4.84. The van der Waals surface area contributed by atoms with Crippen LogP contribution in [-0.4, -0.2) is 14.3 Å². The van der Waals surface area contributed by atoms with Gasteiger partial charge in [0, 0.05) is 38.6 Å². The lowest BCUT2D eigenvalue weighted by Crippen LogP contribution is -2.55. The molecule has 0 aromatic heterocycles. The first kappa shape index (κ1) is 20.8. The van der Waals surface area contributed by atoms with E-state index in [1.165, 1.54) is 42.5 Å². The van der Waals surface area contributed by atoms with Gasteiger partial charge in [0.05, 0.1) is 15.5 Å². The van der Waals surface area contributed by atoms with E-state index in [4.69, 9.17) is 23.2 Å². The van der Waals surface area contributed by atoms with Crippen molar-refractivity contribution in [1.29, 1.82) is 0 Å². The van der Waals surface area contributed by atoms with Gasteiger partial charge in [-0.05, 0) is 48.5 Å². The molecule has 0 aliphatic rings. The van der Waals surface area contributed by atoms with Crippen LogP contribution in [0.1, 0.15) is 10.4 Å². The highest BCUT2D eigenvalue weighted by Crippen LogP contribution is 2.24. The van der Waals surface area contributed by atoms with Crippen LogP contribution < -0.4 is 15.2 Å². The number of hydrogen-bond donors (Lipinski definition) is 3. The summed E-state index contributed by atoms with van der Waals surface area (Å²) in [6.45, 7) is 0. The Bertz CT molecular complexity index is 1180. The Kier molecular flexibility index (Phi) is 6.17. The summed E-state index contributed by atoms with van der Waals surface area (Å²) in [5.74, 6) is -0.624. The van der Waals surface area contributed by atoms with Crippen molar-refractivity contribution < 1.29 is 18.4 Å². The second kappa shape index (κ2) is 8.60. The quantitative estimate of drug-likeness (QED) is 0.533. The fourth-order valence-corrected chi connectivity index (χ4v) is 3.85. The van der Waals surface area contributed by atoms with Gasteiger partial charge in [-0.25, -0.2) is 8.42 Å². The number of nitrogens with one attached hydrogen (secondary N) is 3. The van der Waals surface area contributed by atoms with Gasteiger partial charge in [-0.1, -0.05) is 29.3 Å². The van der Waals surface area contributed by atoms with Gasteiger partial charge < -0.3 is 5.32 Å². The van der Waals surface area contributed by atoms with Crippen molar-refractivity contribution >= 4 is 56.2 Å². The largest absolute Gasteiger partial charge is 0.322 e. The maximum absolute atomic E-state index is 12.7. The van der Waals surface area contributed by atoms with E-state index in [9.17, 15) is 18.1 Å². The SMILES string of the molecule is O=[NH+]c1cccc(NC(=O)c2cc(S(=O)(=O)Nc3ccc(Cl)cc3)ccc2Cl)c1. The Hall–Kier alpha value is -2.94. The molecule has 29 heavy (non-hydrogen) atoms. The average molecular weight is 451 g/mol. The van der Waals surface area contributed by atoms with Crippen LogP contribution in [0.2, 0.25) is 10.0 Å². The van der Waals surface area contributed by atoms with Crippen LogP contribution in [0.15, 0.2) is 71.6 Å². The first-order chi connectivity index (χ1) is 13.8. The molecule has 0 bridgehead atoms. The van der Waals surface area contributed by atoms with Crippen molar-refractivity contribution in [3.63, 3.8) is 0 Å². The van der Waals surface area contributed by atoms with Gasteiger partial charge >= 0.3 is 0 Å². The van der Waals surface area contributed by atoms with Gasteiger partial charge in [-0.3, -0.25) is 9.52 Å².